The first-order valence-corrected chi connectivity index (χ1v) is 5.87. The summed E-state index contributed by atoms with van der Waals surface area (Å²) in [4.78, 5) is 13.8. The maximum absolute atomic E-state index is 13.6. The Morgan fingerprint density at radius 1 is 1.50 bits per heavy atom. The zero-order valence-electron chi connectivity index (χ0n) is 10.6. The topological polar surface area (TPSA) is 55.6 Å². The Morgan fingerprint density at radius 3 is 2.89 bits per heavy atom. The molecule has 1 aromatic carbocycles. The largest absolute Gasteiger partial charge is 0.399 e. The van der Waals surface area contributed by atoms with Crippen molar-refractivity contribution in [1.29, 1.82) is 0 Å². The predicted molar refractivity (Wildman–Crippen MR) is 66.7 cm³/mol. The van der Waals surface area contributed by atoms with E-state index in [1.165, 1.54) is 18.2 Å². The first-order chi connectivity index (χ1) is 8.39. The van der Waals surface area contributed by atoms with Crippen LogP contribution in [0.25, 0.3) is 0 Å². The van der Waals surface area contributed by atoms with Crippen LogP contribution in [0.5, 0.6) is 0 Å². The molecule has 98 valence electrons. The molecule has 5 heteroatoms. The van der Waals surface area contributed by atoms with E-state index in [0.717, 1.165) is 0 Å². The summed E-state index contributed by atoms with van der Waals surface area (Å²) in [6.45, 7) is 5.18. The molecule has 1 aliphatic heterocycles. The fraction of sp³-hybridized carbons (Fsp3) is 0.462. The molecule has 0 aliphatic carbocycles. The number of hydrogen-bond acceptors (Lipinski definition) is 3. The van der Waals surface area contributed by atoms with E-state index in [4.69, 9.17) is 10.5 Å². The van der Waals surface area contributed by atoms with Gasteiger partial charge < -0.3 is 15.4 Å². The molecule has 4 nitrogen and oxygen atoms in total. The van der Waals surface area contributed by atoms with Crippen LogP contribution < -0.4 is 5.73 Å². The summed E-state index contributed by atoms with van der Waals surface area (Å²) in [5.74, 6) is -0.880. The molecular formula is C13H17FN2O2. The van der Waals surface area contributed by atoms with Gasteiger partial charge in [0.2, 0.25) is 0 Å². The first-order valence-electron chi connectivity index (χ1n) is 5.87. The van der Waals surface area contributed by atoms with Crippen molar-refractivity contribution in [2.45, 2.75) is 19.4 Å². The third-order valence-electron chi connectivity index (χ3n) is 2.93. The van der Waals surface area contributed by atoms with Crippen molar-refractivity contribution < 1.29 is 13.9 Å². The van der Waals surface area contributed by atoms with Crippen LogP contribution in [-0.4, -0.2) is 36.1 Å². The van der Waals surface area contributed by atoms with E-state index in [2.05, 4.69) is 0 Å². The number of anilines is 1. The Hall–Kier alpha value is -1.62. The second-order valence-electron chi connectivity index (χ2n) is 5.07. The summed E-state index contributed by atoms with van der Waals surface area (Å²) in [5, 5.41) is 0. The molecule has 1 aliphatic rings. The molecule has 18 heavy (non-hydrogen) atoms. The Morgan fingerprint density at radius 2 is 2.22 bits per heavy atom. The van der Waals surface area contributed by atoms with Crippen LogP contribution >= 0.6 is 0 Å². The lowest BCUT2D eigenvalue weighted by atomic mass is 10.1. The zero-order chi connectivity index (χ0) is 13.3. The SMILES string of the molecule is CC1(C)CN(C(=O)c2cc(N)ccc2F)CCO1. The molecule has 1 saturated heterocycles. The van der Waals surface area contributed by atoms with E-state index in [9.17, 15) is 9.18 Å². The van der Waals surface area contributed by atoms with Crippen molar-refractivity contribution in [2.24, 2.45) is 0 Å². The maximum Gasteiger partial charge on any atom is 0.257 e. The van der Waals surface area contributed by atoms with Gasteiger partial charge in [0, 0.05) is 18.8 Å². The minimum Gasteiger partial charge on any atom is -0.399 e. The van der Waals surface area contributed by atoms with Crippen molar-refractivity contribution in [3.8, 4) is 0 Å². The first kappa shape index (κ1) is 12.8. The number of nitrogens with zero attached hydrogens (tertiary/aromatic N) is 1. The Bertz CT molecular complexity index is 474. The molecule has 1 fully saturated rings. The molecule has 0 spiro atoms. The molecule has 1 heterocycles. The zero-order valence-corrected chi connectivity index (χ0v) is 10.6. The van der Waals surface area contributed by atoms with Crippen LogP contribution in [-0.2, 0) is 4.74 Å². The fourth-order valence-corrected chi connectivity index (χ4v) is 2.07. The van der Waals surface area contributed by atoms with Gasteiger partial charge in [-0.15, -0.1) is 0 Å². The van der Waals surface area contributed by atoms with Crippen LogP contribution in [0.1, 0.15) is 24.2 Å². The van der Waals surface area contributed by atoms with Crippen molar-refractivity contribution in [3.05, 3.63) is 29.6 Å². The van der Waals surface area contributed by atoms with E-state index >= 15 is 0 Å². The lowest BCUT2D eigenvalue weighted by molar-refractivity contribution is -0.0764. The molecule has 0 atom stereocenters. The van der Waals surface area contributed by atoms with Gasteiger partial charge in [-0.1, -0.05) is 0 Å². The molecule has 2 N–H and O–H groups in total. The summed E-state index contributed by atoms with van der Waals surface area (Å²) in [6.07, 6.45) is 0. The van der Waals surface area contributed by atoms with Crippen LogP contribution in [0.15, 0.2) is 18.2 Å². The highest BCUT2D eigenvalue weighted by Crippen LogP contribution is 2.20. The van der Waals surface area contributed by atoms with Gasteiger partial charge in [-0.25, -0.2) is 4.39 Å². The number of amides is 1. The molecule has 0 saturated carbocycles. The highest BCUT2D eigenvalue weighted by atomic mass is 19.1. The number of carbonyl (C=O) groups excluding carboxylic acids is 1. The highest BCUT2D eigenvalue weighted by molar-refractivity contribution is 5.95. The van der Waals surface area contributed by atoms with Gasteiger partial charge in [0.05, 0.1) is 17.8 Å². The second-order valence-corrected chi connectivity index (χ2v) is 5.07. The minimum absolute atomic E-state index is 0.0210. The minimum atomic E-state index is -0.543. The number of nitrogen functional groups attached to an aromatic ring is 1. The van der Waals surface area contributed by atoms with Crippen LogP contribution in [0, 0.1) is 5.82 Å². The second kappa shape index (κ2) is 4.57. The summed E-state index contributed by atoms with van der Waals surface area (Å²) >= 11 is 0. The highest BCUT2D eigenvalue weighted by Gasteiger charge is 2.31. The number of benzene rings is 1. The van der Waals surface area contributed by atoms with E-state index in [1.54, 1.807) is 4.90 Å². The number of hydrogen-bond donors (Lipinski definition) is 1. The third kappa shape index (κ3) is 2.61. The summed E-state index contributed by atoms with van der Waals surface area (Å²) in [5.41, 5.74) is 5.59. The van der Waals surface area contributed by atoms with E-state index in [1.807, 2.05) is 13.8 Å². The molecular weight excluding hydrogens is 235 g/mol. The fourth-order valence-electron chi connectivity index (χ4n) is 2.07. The Balaban J connectivity index is 2.23. The number of halogens is 1. The summed E-state index contributed by atoms with van der Waals surface area (Å²) < 4.78 is 19.2. The van der Waals surface area contributed by atoms with Crippen molar-refractivity contribution in [1.82, 2.24) is 4.90 Å². The standard InChI is InChI=1S/C13H17FN2O2/c1-13(2)8-16(5-6-18-13)12(17)10-7-9(15)3-4-11(10)14/h3-4,7H,5-6,8,15H2,1-2H3. The maximum atomic E-state index is 13.6. The molecule has 0 radical (unpaired) electrons. The van der Waals surface area contributed by atoms with Crippen molar-refractivity contribution >= 4 is 11.6 Å². The van der Waals surface area contributed by atoms with E-state index in [0.29, 0.717) is 25.4 Å². The number of rotatable bonds is 1. The van der Waals surface area contributed by atoms with Gasteiger partial charge >= 0.3 is 0 Å². The molecule has 1 amide bonds. The number of nitrogens with two attached hydrogens (primary N) is 1. The Kier molecular flexibility index (Phi) is 3.26. The lowest BCUT2D eigenvalue weighted by Gasteiger charge is -2.38. The quantitative estimate of drug-likeness (QED) is 0.773. The predicted octanol–water partition coefficient (Wildman–Crippen LogP) is 1.66. The van der Waals surface area contributed by atoms with Crippen LogP contribution in [0.3, 0.4) is 0 Å². The lowest BCUT2D eigenvalue weighted by Crippen LogP contribution is -2.50. The molecule has 0 bridgehead atoms. The van der Waals surface area contributed by atoms with Gasteiger partial charge in [-0.05, 0) is 32.0 Å². The van der Waals surface area contributed by atoms with Gasteiger partial charge in [0.1, 0.15) is 5.82 Å². The number of ether oxygens (including phenoxy) is 1. The Labute approximate surface area is 106 Å². The third-order valence-corrected chi connectivity index (χ3v) is 2.93. The van der Waals surface area contributed by atoms with Gasteiger partial charge in [0.25, 0.3) is 5.91 Å². The normalized spacial score (nSPS) is 18.7. The van der Waals surface area contributed by atoms with E-state index in [-0.39, 0.29) is 11.5 Å². The van der Waals surface area contributed by atoms with Crippen molar-refractivity contribution in [3.63, 3.8) is 0 Å². The van der Waals surface area contributed by atoms with Crippen LogP contribution in [0.2, 0.25) is 0 Å². The average Bonchev–Trinajstić information content (AvgIpc) is 2.30. The number of carbonyl (C=O) groups is 1. The number of morpholine rings is 1. The molecule has 0 unspecified atom stereocenters. The molecule has 1 aromatic rings. The summed E-state index contributed by atoms with van der Waals surface area (Å²) in [6, 6.07) is 4.03. The van der Waals surface area contributed by atoms with Crippen molar-refractivity contribution in [2.75, 3.05) is 25.4 Å². The molecule has 2 rings (SSSR count). The molecule has 0 aromatic heterocycles. The van der Waals surface area contributed by atoms with Crippen LogP contribution in [0.4, 0.5) is 10.1 Å². The average molecular weight is 252 g/mol. The smallest absolute Gasteiger partial charge is 0.257 e. The van der Waals surface area contributed by atoms with Gasteiger partial charge in [-0.2, -0.15) is 0 Å². The monoisotopic (exact) mass is 252 g/mol. The van der Waals surface area contributed by atoms with Gasteiger partial charge in [-0.3, -0.25) is 4.79 Å². The van der Waals surface area contributed by atoms with E-state index < -0.39 is 11.4 Å². The summed E-state index contributed by atoms with van der Waals surface area (Å²) in [7, 11) is 0. The van der Waals surface area contributed by atoms with Gasteiger partial charge in [0.15, 0.2) is 0 Å².